The maximum atomic E-state index is 11.6. The normalized spacial score (nSPS) is 18.1. The molecule has 1 aliphatic rings. The number of aromatic nitrogens is 1. The van der Waals surface area contributed by atoms with Crippen molar-refractivity contribution in [2.24, 2.45) is 5.92 Å². The minimum absolute atomic E-state index is 0.0765. The first-order chi connectivity index (χ1) is 8.20. The van der Waals surface area contributed by atoms with Crippen molar-refractivity contribution in [1.82, 2.24) is 5.16 Å². The SMILES string of the molecule is CC.CC.CC1CCc2cnoc2N(C)C1=O. The lowest BCUT2D eigenvalue weighted by Gasteiger charge is -2.14. The molecular weight excluding hydrogens is 216 g/mol. The van der Waals surface area contributed by atoms with E-state index in [2.05, 4.69) is 5.16 Å². The zero-order valence-corrected chi connectivity index (χ0v) is 11.8. The maximum absolute atomic E-state index is 11.6. The van der Waals surface area contributed by atoms with Gasteiger partial charge in [-0.05, 0) is 12.8 Å². The van der Waals surface area contributed by atoms with Crippen LogP contribution in [0.1, 0.15) is 46.6 Å². The first-order valence-corrected chi connectivity index (χ1v) is 6.41. The Morgan fingerprint density at radius 2 is 1.94 bits per heavy atom. The fourth-order valence-electron chi connectivity index (χ4n) is 1.63. The molecule has 1 aromatic rings. The Morgan fingerprint density at radius 1 is 1.35 bits per heavy atom. The first kappa shape index (κ1) is 15.7. The standard InChI is InChI=1S/C9H12N2O2.2C2H6/c1-6-3-4-7-5-10-13-9(7)11(2)8(6)12;2*1-2/h5-6H,3-4H2,1-2H3;2*1-2H3. The van der Waals surface area contributed by atoms with Crippen molar-refractivity contribution in [2.75, 3.05) is 11.9 Å². The highest BCUT2D eigenvalue weighted by Gasteiger charge is 2.27. The fraction of sp³-hybridized carbons (Fsp3) is 0.692. The van der Waals surface area contributed by atoms with Gasteiger partial charge in [0.1, 0.15) is 0 Å². The van der Waals surface area contributed by atoms with E-state index < -0.39 is 0 Å². The number of rotatable bonds is 0. The number of hydrogen-bond donors (Lipinski definition) is 0. The summed E-state index contributed by atoms with van der Waals surface area (Å²) < 4.78 is 5.02. The summed E-state index contributed by atoms with van der Waals surface area (Å²) >= 11 is 0. The molecule has 0 saturated heterocycles. The second-order valence-electron chi connectivity index (χ2n) is 3.49. The predicted molar refractivity (Wildman–Crippen MR) is 70.1 cm³/mol. The molecule has 1 atom stereocenters. The summed E-state index contributed by atoms with van der Waals surface area (Å²) in [6, 6.07) is 0. The van der Waals surface area contributed by atoms with Crippen LogP contribution in [0, 0.1) is 5.92 Å². The van der Waals surface area contributed by atoms with Crippen molar-refractivity contribution in [3.8, 4) is 0 Å². The zero-order valence-electron chi connectivity index (χ0n) is 11.8. The molecule has 1 unspecified atom stereocenters. The third-order valence-corrected chi connectivity index (χ3v) is 2.53. The van der Waals surface area contributed by atoms with E-state index in [4.69, 9.17) is 4.52 Å². The highest BCUT2D eigenvalue weighted by Crippen LogP contribution is 2.27. The van der Waals surface area contributed by atoms with Gasteiger partial charge in [0.05, 0.1) is 6.20 Å². The van der Waals surface area contributed by atoms with Crippen LogP contribution in [-0.4, -0.2) is 18.1 Å². The minimum Gasteiger partial charge on any atom is -0.338 e. The average Bonchev–Trinajstić information content (AvgIpc) is 2.83. The van der Waals surface area contributed by atoms with Gasteiger partial charge in [0.25, 0.3) is 0 Å². The van der Waals surface area contributed by atoms with E-state index in [1.54, 1.807) is 18.1 Å². The number of hydrogen-bond acceptors (Lipinski definition) is 3. The minimum atomic E-state index is 0.0765. The smallest absolute Gasteiger partial charge is 0.236 e. The molecule has 2 heterocycles. The van der Waals surface area contributed by atoms with Gasteiger partial charge in [0.2, 0.25) is 11.8 Å². The van der Waals surface area contributed by atoms with Crippen molar-refractivity contribution in [3.63, 3.8) is 0 Å². The number of fused-ring (bicyclic) bond motifs is 1. The van der Waals surface area contributed by atoms with Crippen molar-refractivity contribution in [2.45, 2.75) is 47.5 Å². The van der Waals surface area contributed by atoms with Crippen molar-refractivity contribution >= 4 is 11.8 Å². The molecular formula is C13H24N2O2. The van der Waals surface area contributed by atoms with Gasteiger partial charge in [0, 0.05) is 18.5 Å². The zero-order chi connectivity index (χ0) is 13.4. The topological polar surface area (TPSA) is 46.3 Å². The van der Waals surface area contributed by atoms with Gasteiger partial charge in [0.15, 0.2) is 0 Å². The highest BCUT2D eigenvalue weighted by molar-refractivity contribution is 5.94. The van der Waals surface area contributed by atoms with E-state index in [-0.39, 0.29) is 11.8 Å². The Hall–Kier alpha value is -1.32. The van der Waals surface area contributed by atoms with Crippen molar-refractivity contribution in [3.05, 3.63) is 11.8 Å². The number of carbonyl (C=O) groups excluding carboxylic acids is 1. The quantitative estimate of drug-likeness (QED) is 0.699. The molecule has 2 rings (SSSR count). The molecule has 0 aliphatic carbocycles. The van der Waals surface area contributed by atoms with Crippen LogP contribution >= 0.6 is 0 Å². The van der Waals surface area contributed by atoms with E-state index in [0.29, 0.717) is 5.88 Å². The number of carbonyl (C=O) groups is 1. The average molecular weight is 240 g/mol. The Morgan fingerprint density at radius 3 is 2.53 bits per heavy atom. The molecule has 98 valence electrons. The van der Waals surface area contributed by atoms with Gasteiger partial charge >= 0.3 is 0 Å². The molecule has 0 bridgehead atoms. The van der Waals surface area contributed by atoms with Gasteiger partial charge in [-0.25, -0.2) is 0 Å². The van der Waals surface area contributed by atoms with Crippen LogP contribution in [0.3, 0.4) is 0 Å². The lowest BCUT2D eigenvalue weighted by atomic mass is 10.0. The molecule has 0 radical (unpaired) electrons. The van der Waals surface area contributed by atoms with Gasteiger partial charge < -0.3 is 4.52 Å². The van der Waals surface area contributed by atoms with Crippen LogP contribution in [0.25, 0.3) is 0 Å². The Balaban J connectivity index is 0.000000581. The Labute approximate surface area is 104 Å². The molecule has 0 aromatic carbocycles. The van der Waals surface area contributed by atoms with E-state index in [9.17, 15) is 4.79 Å². The summed E-state index contributed by atoms with van der Waals surface area (Å²) in [6.45, 7) is 9.94. The molecule has 4 nitrogen and oxygen atoms in total. The van der Waals surface area contributed by atoms with Gasteiger partial charge in [-0.1, -0.05) is 39.8 Å². The Bertz CT molecular complexity index is 334. The third kappa shape index (κ3) is 3.58. The van der Waals surface area contributed by atoms with E-state index in [1.165, 1.54) is 0 Å². The Kier molecular flexibility index (Phi) is 7.26. The van der Waals surface area contributed by atoms with Gasteiger partial charge in [-0.2, -0.15) is 0 Å². The summed E-state index contributed by atoms with van der Waals surface area (Å²) in [5.41, 5.74) is 1.03. The van der Waals surface area contributed by atoms with Crippen LogP contribution < -0.4 is 4.90 Å². The molecule has 0 N–H and O–H groups in total. The van der Waals surface area contributed by atoms with E-state index >= 15 is 0 Å². The molecule has 1 amide bonds. The van der Waals surface area contributed by atoms with Gasteiger partial charge in [-0.15, -0.1) is 0 Å². The molecule has 0 spiro atoms. The van der Waals surface area contributed by atoms with Crippen LogP contribution in [0.4, 0.5) is 5.88 Å². The molecule has 4 heteroatoms. The predicted octanol–water partition coefficient (Wildman–Crippen LogP) is 3.27. The van der Waals surface area contributed by atoms with E-state index in [1.807, 2.05) is 34.6 Å². The highest BCUT2D eigenvalue weighted by atomic mass is 16.5. The molecule has 17 heavy (non-hydrogen) atoms. The fourth-order valence-corrected chi connectivity index (χ4v) is 1.63. The van der Waals surface area contributed by atoms with Crippen LogP contribution in [-0.2, 0) is 11.2 Å². The van der Waals surface area contributed by atoms with Crippen molar-refractivity contribution < 1.29 is 9.32 Å². The number of anilines is 1. The number of nitrogens with zero attached hydrogens (tertiary/aromatic N) is 2. The van der Waals surface area contributed by atoms with Crippen LogP contribution in [0.5, 0.6) is 0 Å². The summed E-state index contributed by atoms with van der Waals surface area (Å²) in [5, 5.41) is 3.69. The molecule has 0 fully saturated rings. The van der Waals surface area contributed by atoms with Crippen LogP contribution in [0.15, 0.2) is 10.7 Å². The van der Waals surface area contributed by atoms with Gasteiger partial charge in [-0.3, -0.25) is 9.69 Å². The number of amides is 1. The summed E-state index contributed by atoms with van der Waals surface area (Å²) in [6.07, 6.45) is 3.44. The van der Waals surface area contributed by atoms with Crippen LogP contribution in [0.2, 0.25) is 0 Å². The lowest BCUT2D eigenvalue weighted by Crippen LogP contribution is -2.30. The molecule has 1 aromatic heterocycles. The summed E-state index contributed by atoms with van der Waals surface area (Å²) in [7, 11) is 1.73. The largest absolute Gasteiger partial charge is 0.338 e. The molecule has 0 saturated carbocycles. The maximum Gasteiger partial charge on any atom is 0.236 e. The van der Waals surface area contributed by atoms with Crippen molar-refractivity contribution in [1.29, 1.82) is 0 Å². The summed E-state index contributed by atoms with van der Waals surface area (Å²) in [5.74, 6) is 0.789. The number of aryl methyl sites for hydroxylation is 1. The third-order valence-electron chi connectivity index (χ3n) is 2.53. The monoisotopic (exact) mass is 240 g/mol. The summed E-state index contributed by atoms with van der Waals surface area (Å²) in [4.78, 5) is 13.2. The van der Waals surface area contributed by atoms with E-state index in [0.717, 1.165) is 18.4 Å². The second-order valence-corrected chi connectivity index (χ2v) is 3.49. The molecule has 1 aliphatic heterocycles. The lowest BCUT2D eigenvalue weighted by molar-refractivity contribution is -0.121. The first-order valence-electron chi connectivity index (χ1n) is 6.41. The second kappa shape index (κ2) is 7.87.